The minimum Gasteiger partial charge on any atom is -0.492 e. The Hall–Kier alpha value is -1.75. The van der Waals surface area contributed by atoms with Crippen LogP contribution in [-0.2, 0) is 4.74 Å². The Bertz CT molecular complexity index is 471. The van der Waals surface area contributed by atoms with Crippen molar-refractivity contribution in [3.63, 3.8) is 0 Å². The third-order valence-corrected chi connectivity index (χ3v) is 3.33. The van der Waals surface area contributed by atoms with E-state index in [1.165, 1.54) is 0 Å². The van der Waals surface area contributed by atoms with Crippen molar-refractivity contribution in [3.05, 3.63) is 23.8 Å². The van der Waals surface area contributed by atoms with Crippen molar-refractivity contribution in [1.82, 2.24) is 4.90 Å². The van der Waals surface area contributed by atoms with E-state index < -0.39 is 0 Å². The van der Waals surface area contributed by atoms with Crippen LogP contribution in [0, 0.1) is 5.92 Å². The molecule has 22 heavy (non-hydrogen) atoms. The summed E-state index contributed by atoms with van der Waals surface area (Å²) >= 11 is 0. The van der Waals surface area contributed by atoms with Crippen molar-refractivity contribution >= 4 is 11.7 Å². The molecular weight excluding hydrogens is 280 g/mol. The first-order valence-corrected chi connectivity index (χ1v) is 7.89. The van der Waals surface area contributed by atoms with Crippen LogP contribution in [0.1, 0.15) is 38.1 Å². The predicted molar refractivity (Wildman–Crippen MR) is 89.3 cm³/mol. The summed E-state index contributed by atoms with van der Waals surface area (Å²) in [5.74, 6) is 0.486. The van der Waals surface area contributed by atoms with Crippen molar-refractivity contribution < 1.29 is 14.3 Å². The Morgan fingerprint density at radius 1 is 1.27 bits per heavy atom. The van der Waals surface area contributed by atoms with Gasteiger partial charge in [0.1, 0.15) is 17.9 Å². The van der Waals surface area contributed by atoms with Gasteiger partial charge in [0.2, 0.25) is 0 Å². The Kier molecular flexibility index (Phi) is 7.74. The van der Waals surface area contributed by atoms with Gasteiger partial charge in [-0.05, 0) is 31.1 Å². The van der Waals surface area contributed by atoms with E-state index >= 15 is 0 Å². The number of nitrogens with zero attached hydrogens (tertiary/aromatic N) is 1. The smallest absolute Gasteiger partial charge is 0.341 e. The Labute approximate surface area is 133 Å². The van der Waals surface area contributed by atoms with Crippen LogP contribution < -0.4 is 10.5 Å². The van der Waals surface area contributed by atoms with E-state index in [0.717, 1.165) is 19.6 Å². The number of hydrogen-bond donors (Lipinski definition) is 1. The molecule has 1 rings (SSSR count). The molecule has 124 valence electrons. The summed E-state index contributed by atoms with van der Waals surface area (Å²) in [5.41, 5.74) is 6.76. The van der Waals surface area contributed by atoms with Crippen molar-refractivity contribution in [2.24, 2.45) is 5.92 Å². The molecule has 0 fully saturated rings. The molecule has 0 radical (unpaired) electrons. The third-order valence-electron chi connectivity index (χ3n) is 3.33. The molecule has 1 aromatic rings. The third kappa shape index (κ3) is 5.93. The number of ether oxygens (including phenoxy) is 2. The molecule has 0 atom stereocenters. The summed E-state index contributed by atoms with van der Waals surface area (Å²) < 4.78 is 11.0. The molecule has 0 aliphatic heterocycles. The van der Waals surface area contributed by atoms with Gasteiger partial charge in [0.15, 0.2) is 0 Å². The van der Waals surface area contributed by atoms with E-state index in [0.29, 0.717) is 36.1 Å². The highest BCUT2D eigenvalue weighted by atomic mass is 16.5. The second-order valence-corrected chi connectivity index (χ2v) is 5.62. The summed E-state index contributed by atoms with van der Waals surface area (Å²) in [4.78, 5) is 14.4. The number of nitrogen functional groups attached to an aromatic ring is 1. The van der Waals surface area contributed by atoms with Gasteiger partial charge in [-0.3, -0.25) is 0 Å². The molecule has 0 aliphatic carbocycles. The van der Waals surface area contributed by atoms with Gasteiger partial charge in [0.05, 0.1) is 6.61 Å². The fraction of sp³-hybridized carbons (Fsp3) is 0.588. The zero-order valence-electron chi connectivity index (χ0n) is 14.1. The molecule has 0 spiro atoms. The van der Waals surface area contributed by atoms with Gasteiger partial charge in [-0.15, -0.1) is 0 Å². The Balaban J connectivity index is 2.67. The van der Waals surface area contributed by atoms with Crippen molar-refractivity contribution in [3.8, 4) is 5.75 Å². The number of nitrogens with two attached hydrogens (primary N) is 1. The van der Waals surface area contributed by atoms with Gasteiger partial charge in [0.25, 0.3) is 0 Å². The summed E-state index contributed by atoms with van der Waals surface area (Å²) in [6.07, 6.45) is 0. The summed E-state index contributed by atoms with van der Waals surface area (Å²) in [6.45, 7) is 11.8. The molecule has 0 bridgehead atoms. The molecule has 0 aromatic heterocycles. The summed E-state index contributed by atoms with van der Waals surface area (Å²) in [6, 6.07) is 5.01. The van der Waals surface area contributed by atoms with E-state index in [2.05, 4.69) is 18.7 Å². The minimum atomic E-state index is -0.370. The first-order chi connectivity index (χ1) is 10.5. The van der Waals surface area contributed by atoms with E-state index in [9.17, 15) is 4.79 Å². The van der Waals surface area contributed by atoms with Gasteiger partial charge >= 0.3 is 5.97 Å². The van der Waals surface area contributed by atoms with Gasteiger partial charge in [-0.25, -0.2) is 4.79 Å². The number of esters is 1. The maximum absolute atomic E-state index is 12.2. The van der Waals surface area contributed by atoms with Crippen molar-refractivity contribution in [2.45, 2.75) is 27.7 Å². The number of hydrogen-bond acceptors (Lipinski definition) is 5. The van der Waals surface area contributed by atoms with E-state index in [1.807, 2.05) is 13.8 Å². The molecule has 1 aromatic carbocycles. The van der Waals surface area contributed by atoms with Gasteiger partial charge in [-0.1, -0.05) is 27.7 Å². The molecule has 0 unspecified atom stereocenters. The van der Waals surface area contributed by atoms with Gasteiger partial charge in [0, 0.05) is 18.3 Å². The fourth-order valence-corrected chi connectivity index (χ4v) is 1.97. The zero-order chi connectivity index (χ0) is 16.5. The highest BCUT2D eigenvalue weighted by Crippen LogP contribution is 2.23. The average molecular weight is 308 g/mol. The lowest BCUT2D eigenvalue weighted by Gasteiger charge is -2.18. The van der Waals surface area contributed by atoms with Crippen molar-refractivity contribution in [1.29, 1.82) is 0 Å². The Morgan fingerprint density at radius 3 is 2.55 bits per heavy atom. The van der Waals surface area contributed by atoms with Crippen LogP contribution in [0.3, 0.4) is 0 Å². The van der Waals surface area contributed by atoms with E-state index in [-0.39, 0.29) is 5.97 Å². The maximum Gasteiger partial charge on any atom is 0.341 e. The summed E-state index contributed by atoms with van der Waals surface area (Å²) in [7, 11) is 0. The lowest BCUT2D eigenvalue weighted by Crippen LogP contribution is -2.28. The van der Waals surface area contributed by atoms with Crippen LogP contribution in [0.4, 0.5) is 5.69 Å². The molecule has 0 saturated heterocycles. The zero-order valence-corrected chi connectivity index (χ0v) is 14.1. The van der Waals surface area contributed by atoms with Crippen LogP contribution in [0.2, 0.25) is 0 Å². The highest BCUT2D eigenvalue weighted by molar-refractivity contribution is 5.93. The fourth-order valence-electron chi connectivity index (χ4n) is 1.97. The number of likely N-dealkylation sites (N-methyl/N-ethyl adjacent to an activating group) is 1. The van der Waals surface area contributed by atoms with Crippen LogP contribution in [0.15, 0.2) is 18.2 Å². The predicted octanol–water partition coefficient (Wildman–Crippen LogP) is 2.80. The highest BCUT2D eigenvalue weighted by Gasteiger charge is 2.15. The molecular formula is C17H28N2O3. The monoisotopic (exact) mass is 308 g/mol. The first-order valence-electron chi connectivity index (χ1n) is 7.89. The molecule has 0 saturated carbocycles. The molecule has 0 aliphatic rings. The maximum atomic E-state index is 12.2. The lowest BCUT2D eigenvalue weighted by molar-refractivity contribution is 0.0461. The molecule has 2 N–H and O–H groups in total. The SMILES string of the molecule is CCN(CC)CCOC(=O)c1ccc(N)cc1OCC(C)C. The standard InChI is InChI=1S/C17H28N2O3/c1-5-19(6-2)9-10-21-17(20)15-8-7-14(18)11-16(15)22-12-13(3)4/h7-8,11,13H,5-6,9-10,12,18H2,1-4H3. The summed E-state index contributed by atoms with van der Waals surface area (Å²) in [5, 5.41) is 0. The van der Waals surface area contributed by atoms with Crippen LogP contribution >= 0.6 is 0 Å². The van der Waals surface area contributed by atoms with Gasteiger partial charge < -0.3 is 20.1 Å². The average Bonchev–Trinajstić information content (AvgIpc) is 2.49. The second-order valence-electron chi connectivity index (χ2n) is 5.62. The molecule has 0 amide bonds. The first kappa shape index (κ1) is 18.3. The number of carbonyl (C=O) groups is 1. The quantitative estimate of drug-likeness (QED) is 0.561. The van der Waals surface area contributed by atoms with E-state index in [1.54, 1.807) is 18.2 Å². The molecule has 5 nitrogen and oxygen atoms in total. The number of carbonyl (C=O) groups excluding carboxylic acids is 1. The van der Waals surface area contributed by atoms with Crippen LogP contribution in [-0.4, -0.2) is 43.7 Å². The molecule has 0 heterocycles. The molecule has 5 heteroatoms. The van der Waals surface area contributed by atoms with Crippen LogP contribution in [0.5, 0.6) is 5.75 Å². The normalized spacial score (nSPS) is 11.0. The van der Waals surface area contributed by atoms with Crippen LogP contribution in [0.25, 0.3) is 0 Å². The lowest BCUT2D eigenvalue weighted by atomic mass is 10.1. The minimum absolute atomic E-state index is 0.368. The Morgan fingerprint density at radius 2 is 1.95 bits per heavy atom. The topological polar surface area (TPSA) is 64.8 Å². The largest absolute Gasteiger partial charge is 0.492 e. The number of benzene rings is 1. The van der Waals surface area contributed by atoms with Crippen molar-refractivity contribution in [2.75, 3.05) is 38.6 Å². The number of rotatable bonds is 9. The van der Waals surface area contributed by atoms with E-state index in [4.69, 9.17) is 15.2 Å². The number of anilines is 1. The van der Waals surface area contributed by atoms with Gasteiger partial charge in [-0.2, -0.15) is 0 Å². The second kappa shape index (κ2) is 9.30.